The predicted molar refractivity (Wildman–Crippen MR) is 360 cm³/mol. The number of fused-ring (bicyclic) bond motifs is 3. The molecular formula is C81H69F9O3. The average molecular weight is 1260 g/mol. The smallest absolute Gasteiger partial charge is 0.387 e. The summed E-state index contributed by atoms with van der Waals surface area (Å²) in [6, 6.07) is 71.2. The van der Waals surface area contributed by atoms with Crippen LogP contribution in [0.25, 0.3) is 99.1 Å². The Bertz CT molecular complexity index is 4450. The Balaban J connectivity index is 0.000000153. The molecule has 12 heteroatoms. The van der Waals surface area contributed by atoms with E-state index in [2.05, 4.69) is 126 Å². The second-order valence-electron chi connectivity index (χ2n) is 22.8. The van der Waals surface area contributed by atoms with Crippen molar-refractivity contribution in [3.8, 4) is 84.0 Å². The lowest BCUT2D eigenvalue weighted by Gasteiger charge is -2.10. The number of hydrogen-bond acceptors (Lipinski definition) is 3. The van der Waals surface area contributed by atoms with E-state index in [0.717, 1.165) is 75.2 Å². The summed E-state index contributed by atoms with van der Waals surface area (Å²) in [5.74, 6) is -0.959. The zero-order valence-corrected chi connectivity index (χ0v) is 51.7. The Labute approximate surface area is 536 Å². The van der Waals surface area contributed by atoms with Gasteiger partial charge in [-0.15, -0.1) is 0 Å². The lowest BCUT2D eigenvalue weighted by atomic mass is 9.96. The highest BCUT2D eigenvalue weighted by molar-refractivity contribution is 5.91. The van der Waals surface area contributed by atoms with Crippen molar-refractivity contribution in [1.82, 2.24) is 0 Å². The molecule has 12 aromatic carbocycles. The van der Waals surface area contributed by atoms with Gasteiger partial charge in [0.2, 0.25) is 0 Å². The third-order valence-electron chi connectivity index (χ3n) is 16.2. The molecule has 0 aliphatic heterocycles. The molecule has 0 aliphatic carbocycles. The largest absolute Gasteiger partial charge is 0.435 e. The van der Waals surface area contributed by atoms with Gasteiger partial charge >= 0.3 is 19.8 Å². The number of halogens is 9. The Morgan fingerprint density at radius 2 is 0.505 bits per heavy atom. The highest BCUT2D eigenvalue weighted by atomic mass is 19.3. The maximum atomic E-state index is 14.9. The quantitative estimate of drug-likeness (QED) is 0.0530. The molecule has 0 fully saturated rings. The monoisotopic (exact) mass is 1260 g/mol. The molecule has 0 spiro atoms. The molecule has 0 unspecified atom stereocenters. The normalized spacial score (nSPS) is 11.3. The van der Waals surface area contributed by atoms with Crippen molar-refractivity contribution in [2.24, 2.45) is 0 Å². The van der Waals surface area contributed by atoms with Crippen LogP contribution < -0.4 is 14.2 Å². The van der Waals surface area contributed by atoms with Crippen molar-refractivity contribution in [3.05, 3.63) is 271 Å². The van der Waals surface area contributed by atoms with Gasteiger partial charge in [0.15, 0.2) is 0 Å². The summed E-state index contributed by atoms with van der Waals surface area (Å²) in [7, 11) is 0. The van der Waals surface area contributed by atoms with Gasteiger partial charge in [0.05, 0.1) is 0 Å². The van der Waals surface area contributed by atoms with E-state index < -0.39 is 19.8 Å². The molecular weight excluding hydrogens is 1190 g/mol. The Hall–Kier alpha value is -9.81. The average Bonchev–Trinajstić information content (AvgIpc) is 0.908. The Morgan fingerprint density at radius 1 is 0.247 bits per heavy atom. The minimum absolute atomic E-state index is 0.0454. The van der Waals surface area contributed by atoms with E-state index in [4.69, 9.17) is 0 Å². The molecule has 0 heterocycles. The molecule has 0 radical (unpaired) electrons. The van der Waals surface area contributed by atoms with Gasteiger partial charge in [0.25, 0.3) is 0 Å². The van der Waals surface area contributed by atoms with Crippen LogP contribution in [-0.2, 0) is 19.3 Å². The van der Waals surface area contributed by atoms with Crippen molar-refractivity contribution in [2.45, 2.75) is 98.4 Å². The Kier molecular flexibility index (Phi) is 22.4. The number of hydrogen-bond donors (Lipinski definition) is 0. The first kappa shape index (κ1) is 66.1. The molecule has 0 bridgehead atoms. The summed E-state index contributed by atoms with van der Waals surface area (Å²) in [6.45, 7) is -2.09. The highest BCUT2D eigenvalue weighted by Crippen LogP contribution is 2.36. The molecule has 0 aliphatic rings. The number of alkyl halides is 6. The van der Waals surface area contributed by atoms with E-state index in [9.17, 15) is 39.5 Å². The van der Waals surface area contributed by atoms with Crippen LogP contribution in [0.3, 0.4) is 0 Å². The molecule has 93 heavy (non-hydrogen) atoms. The van der Waals surface area contributed by atoms with Crippen molar-refractivity contribution < 1.29 is 53.7 Å². The van der Waals surface area contributed by atoms with Crippen molar-refractivity contribution in [3.63, 3.8) is 0 Å². The van der Waals surface area contributed by atoms with Gasteiger partial charge in [-0.1, -0.05) is 210 Å². The van der Waals surface area contributed by atoms with Crippen LogP contribution in [0.15, 0.2) is 237 Å². The van der Waals surface area contributed by atoms with Gasteiger partial charge < -0.3 is 14.2 Å². The molecule has 474 valence electrons. The van der Waals surface area contributed by atoms with Gasteiger partial charge in [-0.3, -0.25) is 0 Å². The molecule has 12 rings (SSSR count). The Morgan fingerprint density at radius 3 is 0.796 bits per heavy atom. The van der Waals surface area contributed by atoms with Crippen LogP contribution in [0.5, 0.6) is 17.2 Å². The fourth-order valence-corrected chi connectivity index (χ4v) is 11.4. The second kappa shape index (κ2) is 31.5. The molecule has 0 saturated carbocycles. The van der Waals surface area contributed by atoms with E-state index in [1.54, 1.807) is 54.6 Å². The van der Waals surface area contributed by atoms with Crippen LogP contribution in [0, 0.1) is 17.5 Å². The lowest BCUT2D eigenvalue weighted by Crippen LogP contribution is -2.01. The van der Waals surface area contributed by atoms with Crippen molar-refractivity contribution in [2.75, 3.05) is 0 Å². The minimum Gasteiger partial charge on any atom is -0.435 e. The molecule has 0 amide bonds. The van der Waals surface area contributed by atoms with Crippen LogP contribution in [0.2, 0.25) is 0 Å². The molecule has 3 nitrogen and oxygen atoms in total. The van der Waals surface area contributed by atoms with Gasteiger partial charge in [0, 0.05) is 16.7 Å². The standard InChI is InChI=1S/C28H25F3O.C27H23F3O.C26H21F3O/c1-2-3-4-5-19-6-7-22-17-23(9-8-21(22)16-19)24-12-15-26(27(29)18-24)20-10-13-25(14-11-20)32-28(30)31;1-2-3-4-18-5-6-21-16-22(8-7-20(21)15-18)23-11-14-25(26(28)17-23)19-9-12-24(13-10-19)31-27(29)30;1-2-3-17-4-5-20-15-21(7-6-19(20)14-17)22-10-13-24(25(27)16-22)18-8-11-23(12-9-18)30-26(28)29/h6-18,28H,2-5H2,1H3;5-17,27H,2-4H2,1H3;4-16,26H,2-3H2,1H3. The first-order valence-corrected chi connectivity index (χ1v) is 31.2. The van der Waals surface area contributed by atoms with Gasteiger partial charge in [-0.2, -0.15) is 26.3 Å². The van der Waals surface area contributed by atoms with Crippen LogP contribution in [0.1, 0.15) is 76.0 Å². The minimum atomic E-state index is -2.88. The van der Waals surface area contributed by atoms with E-state index in [1.165, 1.54) is 120 Å². The highest BCUT2D eigenvalue weighted by Gasteiger charge is 2.15. The van der Waals surface area contributed by atoms with Gasteiger partial charge in [-0.05, 0) is 204 Å². The van der Waals surface area contributed by atoms with Crippen LogP contribution in [-0.4, -0.2) is 19.8 Å². The summed E-state index contributed by atoms with van der Waals surface area (Å²) in [5.41, 5.74) is 12.2. The van der Waals surface area contributed by atoms with Gasteiger partial charge in [0.1, 0.15) is 34.7 Å². The maximum Gasteiger partial charge on any atom is 0.387 e. The number of aryl methyl sites for hydroxylation is 3. The third-order valence-corrected chi connectivity index (χ3v) is 16.2. The summed E-state index contributed by atoms with van der Waals surface area (Å²) in [5, 5.41) is 6.91. The fourth-order valence-electron chi connectivity index (χ4n) is 11.4. The summed E-state index contributed by atoms with van der Waals surface area (Å²) < 4.78 is 131. The van der Waals surface area contributed by atoms with E-state index in [1.807, 2.05) is 36.4 Å². The van der Waals surface area contributed by atoms with Crippen LogP contribution in [0.4, 0.5) is 39.5 Å². The molecule has 0 aromatic heterocycles. The second-order valence-corrected chi connectivity index (χ2v) is 22.8. The number of unbranched alkanes of at least 4 members (excludes halogenated alkanes) is 3. The zero-order valence-electron chi connectivity index (χ0n) is 51.7. The number of benzene rings is 12. The maximum absolute atomic E-state index is 14.9. The zero-order chi connectivity index (χ0) is 65.4. The van der Waals surface area contributed by atoms with E-state index in [0.29, 0.717) is 33.4 Å². The molecule has 12 aromatic rings. The lowest BCUT2D eigenvalue weighted by molar-refractivity contribution is -0.0505. The third kappa shape index (κ3) is 17.6. The predicted octanol–water partition coefficient (Wildman–Crippen LogP) is 24.8. The summed E-state index contributed by atoms with van der Waals surface area (Å²) >= 11 is 0. The topological polar surface area (TPSA) is 27.7 Å². The van der Waals surface area contributed by atoms with Crippen molar-refractivity contribution >= 4 is 32.3 Å². The first-order valence-electron chi connectivity index (χ1n) is 31.2. The van der Waals surface area contributed by atoms with Gasteiger partial charge in [-0.25, -0.2) is 13.2 Å². The van der Waals surface area contributed by atoms with E-state index in [-0.39, 0.29) is 34.7 Å². The molecule has 0 saturated heterocycles. The number of rotatable bonds is 21. The van der Waals surface area contributed by atoms with E-state index >= 15 is 0 Å². The first-order chi connectivity index (χ1) is 45.1. The van der Waals surface area contributed by atoms with Crippen LogP contribution >= 0.6 is 0 Å². The number of ether oxygens (including phenoxy) is 3. The molecule has 0 N–H and O–H groups in total. The SMILES string of the molecule is CCCCCc1ccc2cc(-c3ccc(-c4ccc(OC(F)F)cc4)c(F)c3)ccc2c1.CCCCc1ccc2cc(-c3ccc(-c4ccc(OC(F)F)cc4)c(F)c3)ccc2c1.CCCc1ccc2cc(-c3ccc(-c4ccc(OC(F)F)cc4)c(F)c3)ccc2c1. The van der Waals surface area contributed by atoms with Crippen molar-refractivity contribution in [1.29, 1.82) is 0 Å². The fraction of sp³-hybridized carbons (Fsp3) is 0.185. The molecule has 0 atom stereocenters. The summed E-state index contributed by atoms with van der Waals surface area (Å²) in [6.07, 6.45) is 10.3. The summed E-state index contributed by atoms with van der Waals surface area (Å²) in [4.78, 5) is 0.